The molecule has 0 saturated carbocycles. The van der Waals surface area contributed by atoms with Gasteiger partial charge < -0.3 is 18.9 Å². The van der Waals surface area contributed by atoms with E-state index in [1.807, 2.05) is 6.92 Å². The van der Waals surface area contributed by atoms with Crippen molar-refractivity contribution >= 4 is 5.78 Å². The normalized spacial score (nSPS) is 10.0. The highest BCUT2D eigenvalue weighted by Crippen LogP contribution is 2.38. The highest BCUT2D eigenvalue weighted by atomic mass is 16.5. The molecule has 100 valence electrons. The van der Waals surface area contributed by atoms with Crippen LogP contribution in [0.5, 0.6) is 17.2 Å². The molecule has 0 radical (unpaired) electrons. The van der Waals surface area contributed by atoms with Gasteiger partial charge in [-0.05, 0) is 19.1 Å². The van der Waals surface area contributed by atoms with E-state index in [9.17, 15) is 4.79 Å². The number of benzene rings is 1. The molecule has 0 aliphatic carbocycles. The summed E-state index contributed by atoms with van der Waals surface area (Å²) < 4.78 is 20.6. The van der Waals surface area contributed by atoms with Gasteiger partial charge >= 0.3 is 0 Å². The Morgan fingerprint density at radius 3 is 2.00 bits per heavy atom. The quantitative estimate of drug-likeness (QED) is 0.696. The Morgan fingerprint density at radius 2 is 1.61 bits per heavy atom. The number of carbonyl (C=O) groups is 1. The zero-order chi connectivity index (χ0) is 13.5. The minimum Gasteiger partial charge on any atom is -0.493 e. The monoisotopic (exact) mass is 254 g/mol. The van der Waals surface area contributed by atoms with Crippen LogP contribution in [0.25, 0.3) is 0 Å². The maximum Gasteiger partial charge on any atom is 0.203 e. The molecule has 0 aliphatic rings. The van der Waals surface area contributed by atoms with Crippen molar-refractivity contribution in [3.8, 4) is 17.2 Å². The fourth-order valence-corrected chi connectivity index (χ4v) is 1.52. The Balaban J connectivity index is 3.10. The summed E-state index contributed by atoms with van der Waals surface area (Å²) in [5.74, 6) is 1.25. The zero-order valence-electron chi connectivity index (χ0n) is 11.1. The van der Waals surface area contributed by atoms with E-state index in [1.54, 1.807) is 12.1 Å². The number of methoxy groups -OCH3 is 3. The lowest BCUT2D eigenvalue weighted by atomic mass is 10.1. The van der Waals surface area contributed by atoms with Crippen molar-refractivity contribution in [1.82, 2.24) is 0 Å². The lowest BCUT2D eigenvalue weighted by Gasteiger charge is -2.13. The summed E-state index contributed by atoms with van der Waals surface area (Å²) >= 11 is 0. The van der Waals surface area contributed by atoms with Gasteiger partial charge in [0, 0.05) is 12.2 Å². The smallest absolute Gasteiger partial charge is 0.203 e. The maximum absolute atomic E-state index is 11.9. The predicted molar refractivity (Wildman–Crippen MR) is 66.9 cm³/mol. The van der Waals surface area contributed by atoms with Gasteiger partial charge in [0.2, 0.25) is 5.75 Å². The second-order valence-electron chi connectivity index (χ2n) is 3.47. The molecule has 1 rings (SSSR count). The summed E-state index contributed by atoms with van der Waals surface area (Å²) in [6.45, 7) is 2.37. The van der Waals surface area contributed by atoms with E-state index in [2.05, 4.69) is 0 Å². The number of carbonyl (C=O) groups excluding carboxylic acids is 1. The molecular formula is C13H18O5. The number of rotatable bonds is 7. The van der Waals surface area contributed by atoms with E-state index in [4.69, 9.17) is 18.9 Å². The van der Waals surface area contributed by atoms with Crippen LogP contribution in [0.1, 0.15) is 17.3 Å². The predicted octanol–water partition coefficient (Wildman–Crippen LogP) is 1.93. The second-order valence-corrected chi connectivity index (χ2v) is 3.47. The summed E-state index contributed by atoms with van der Waals surface area (Å²) in [7, 11) is 4.53. The van der Waals surface area contributed by atoms with Crippen LogP contribution in [0, 0.1) is 0 Å². The van der Waals surface area contributed by atoms with Crippen molar-refractivity contribution in [3.63, 3.8) is 0 Å². The van der Waals surface area contributed by atoms with Crippen LogP contribution in [-0.4, -0.2) is 40.3 Å². The third-order valence-electron chi connectivity index (χ3n) is 2.42. The Hall–Kier alpha value is -1.75. The molecule has 1 aromatic rings. The summed E-state index contributed by atoms with van der Waals surface area (Å²) in [5, 5.41) is 0. The summed E-state index contributed by atoms with van der Waals surface area (Å²) in [5.41, 5.74) is 0.470. The SMILES string of the molecule is CCOCC(=O)c1cc(OC)c(OC)c(OC)c1. The third-order valence-corrected chi connectivity index (χ3v) is 2.42. The molecule has 1 aromatic carbocycles. The number of hydrogen-bond acceptors (Lipinski definition) is 5. The average molecular weight is 254 g/mol. The van der Waals surface area contributed by atoms with E-state index >= 15 is 0 Å². The van der Waals surface area contributed by atoms with Crippen molar-refractivity contribution in [2.45, 2.75) is 6.92 Å². The van der Waals surface area contributed by atoms with E-state index in [-0.39, 0.29) is 12.4 Å². The molecule has 0 aromatic heterocycles. The molecule has 5 heteroatoms. The standard InChI is InChI=1S/C13H18O5/c1-5-18-8-10(14)9-6-11(15-2)13(17-4)12(7-9)16-3/h6-7H,5,8H2,1-4H3. The van der Waals surface area contributed by atoms with Crippen LogP contribution < -0.4 is 14.2 Å². The molecule has 18 heavy (non-hydrogen) atoms. The molecule has 5 nitrogen and oxygen atoms in total. The van der Waals surface area contributed by atoms with Crippen molar-refractivity contribution in [2.24, 2.45) is 0 Å². The molecule has 0 fully saturated rings. The van der Waals surface area contributed by atoms with Crippen LogP contribution in [0.15, 0.2) is 12.1 Å². The fraction of sp³-hybridized carbons (Fsp3) is 0.462. The van der Waals surface area contributed by atoms with Gasteiger partial charge in [-0.2, -0.15) is 0 Å². The minimum atomic E-state index is -0.129. The maximum atomic E-state index is 11.9. The van der Waals surface area contributed by atoms with Gasteiger partial charge in [0.15, 0.2) is 17.3 Å². The van der Waals surface area contributed by atoms with E-state index in [0.717, 1.165) is 0 Å². The molecule has 0 spiro atoms. The molecule has 0 atom stereocenters. The number of hydrogen-bond donors (Lipinski definition) is 0. The Kier molecular flexibility index (Phi) is 5.45. The zero-order valence-corrected chi connectivity index (χ0v) is 11.1. The molecular weight excluding hydrogens is 236 g/mol. The van der Waals surface area contributed by atoms with Gasteiger partial charge in [0.05, 0.1) is 21.3 Å². The van der Waals surface area contributed by atoms with Crippen LogP contribution in [0.4, 0.5) is 0 Å². The second kappa shape index (κ2) is 6.86. The van der Waals surface area contributed by atoms with Crippen LogP contribution >= 0.6 is 0 Å². The van der Waals surface area contributed by atoms with Crippen molar-refractivity contribution < 1.29 is 23.7 Å². The molecule has 0 bridgehead atoms. The molecule has 0 amide bonds. The van der Waals surface area contributed by atoms with Gasteiger partial charge in [0.1, 0.15) is 6.61 Å². The van der Waals surface area contributed by atoms with Gasteiger partial charge in [-0.3, -0.25) is 4.79 Å². The van der Waals surface area contributed by atoms with Gasteiger partial charge in [-0.1, -0.05) is 0 Å². The fourth-order valence-electron chi connectivity index (χ4n) is 1.52. The lowest BCUT2D eigenvalue weighted by Crippen LogP contribution is -2.09. The molecule has 0 unspecified atom stereocenters. The summed E-state index contributed by atoms with van der Waals surface area (Å²) in [4.78, 5) is 11.9. The first-order chi connectivity index (χ1) is 8.67. The first kappa shape index (κ1) is 14.3. The number of ketones is 1. The first-order valence-electron chi connectivity index (χ1n) is 5.58. The first-order valence-corrected chi connectivity index (χ1v) is 5.58. The highest BCUT2D eigenvalue weighted by molar-refractivity contribution is 5.98. The van der Waals surface area contributed by atoms with Crippen LogP contribution in [0.3, 0.4) is 0 Å². The van der Waals surface area contributed by atoms with Crippen molar-refractivity contribution in [2.75, 3.05) is 34.5 Å². The van der Waals surface area contributed by atoms with Gasteiger partial charge in [-0.25, -0.2) is 0 Å². The Labute approximate surface area is 107 Å². The van der Waals surface area contributed by atoms with Gasteiger partial charge in [0.25, 0.3) is 0 Å². The van der Waals surface area contributed by atoms with E-state index in [1.165, 1.54) is 21.3 Å². The average Bonchev–Trinajstić information content (AvgIpc) is 2.42. The van der Waals surface area contributed by atoms with Crippen LogP contribution in [0.2, 0.25) is 0 Å². The Morgan fingerprint density at radius 1 is 1.06 bits per heavy atom. The van der Waals surface area contributed by atoms with Crippen LogP contribution in [-0.2, 0) is 4.74 Å². The summed E-state index contributed by atoms with van der Waals surface area (Å²) in [6, 6.07) is 3.23. The molecule has 0 heterocycles. The van der Waals surface area contributed by atoms with E-state index in [0.29, 0.717) is 29.4 Å². The van der Waals surface area contributed by atoms with Crippen molar-refractivity contribution in [1.29, 1.82) is 0 Å². The highest BCUT2D eigenvalue weighted by Gasteiger charge is 2.16. The van der Waals surface area contributed by atoms with Crippen molar-refractivity contribution in [3.05, 3.63) is 17.7 Å². The number of Topliss-reactive ketones (excluding diaryl/α,β-unsaturated/α-hetero) is 1. The minimum absolute atomic E-state index is 0.0368. The largest absolute Gasteiger partial charge is 0.493 e. The Bertz CT molecular complexity index is 389. The van der Waals surface area contributed by atoms with Gasteiger partial charge in [-0.15, -0.1) is 0 Å². The van der Waals surface area contributed by atoms with E-state index < -0.39 is 0 Å². The molecule has 0 saturated heterocycles. The number of ether oxygens (including phenoxy) is 4. The third kappa shape index (κ3) is 3.13. The molecule has 0 N–H and O–H groups in total. The summed E-state index contributed by atoms with van der Waals surface area (Å²) in [6.07, 6.45) is 0. The topological polar surface area (TPSA) is 54.0 Å². The molecule has 0 aliphatic heterocycles. The lowest BCUT2D eigenvalue weighted by molar-refractivity contribution is 0.0782.